The molecule has 0 N–H and O–H groups in total. The average Bonchev–Trinajstić information content (AvgIpc) is 2.65. The number of hydrogen-bond acceptors (Lipinski definition) is 2. The number of pyridine rings is 2. The van der Waals surface area contributed by atoms with Crippen molar-refractivity contribution in [2.75, 3.05) is 0 Å². The fourth-order valence-corrected chi connectivity index (χ4v) is 3.51. The first-order valence-electron chi connectivity index (χ1n) is 8.88. The van der Waals surface area contributed by atoms with Gasteiger partial charge in [0, 0.05) is 29.8 Å². The van der Waals surface area contributed by atoms with Gasteiger partial charge < -0.3 is 4.57 Å². The van der Waals surface area contributed by atoms with Gasteiger partial charge in [-0.3, -0.25) is 9.78 Å². The molecule has 8 heteroatoms. The van der Waals surface area contributed by atoms with E-state index in [1.807, 2.05) is 0 Å². The highest BCUT2D eigenvalue weighted by atomic mass is 31.0. The van der Waals surface area contributed by atoms with Crippen LogP contribution in [0.2, 0.25) is 0 Å². The van der Waals surface area contributed by atoms with Gasteiger partial charge in [0.1, 0.15) is 5.82 Å². The van der Waals surface area contributed by atoms with Crippen molar-refractivity contribution < 1.29 is 17.6 Å². The SMILES string of the molecule is CCCCCn1ccc2cc(-c3ccc(C(F)(F)F)cn3)c(F)c(P)c2c1=O. The van der Waals surface area contributed by atoms with Crippen LogP contribution in [-0.2, 0) is 12.7 Å². The van der Waals surface area contributed by atoms with Crippen LogP contribution in [0.3, 0.4) is 0 Å². The van der Waals surface area contributed by atoms with Gasteiger partial charge in [0.05, 0.1) is 16.6 Å². The fourth-order valence-electron chi connectivity index (χ4n) is 3.07. The third-order valence-electron chi connectivity index (χ3n) is 4.61. The Bertz CT molecular complexity index is 1060. The fraction of sp³-hybridized carbons (Fsp3) is 0.300. The quantitative estimate of drug-likeness (QED) is 0.340. The minimum absolute atomic E-state index is 0.0503. The monoisotopic (exact) mass is 410 g/mol. The highest BCUT2D eigenvalue weighted by Crippen LogP contribution is 2.31. The van der Waals surface area contributed by atoms with E-state index in [1.165, 1.54) is 6.07 Å². The zero-order valence-corrected chi connectivity index (χ0v) is 16.3. The minimum atomic E-state index is -4.51. The summed E-state index contributed by atoms with van der Waals surface area (Å²) in [5.41, 5.74) is -1.07. The normalized spacial score (nSPS) is 11.9. The van der Waals surface area contributed by atoms with E-state index in [-0.39, 0.29) is 27.5 Å². The smallest absolute Gasteiger partial charge is 0.315 e. The Morgan fingerprint density at radius 3 is 2.54 bits per heavy atom. The zero-order chi connectivity index (χ0) is 20.5. The number of rotatable bonds is 5. The van der Waals surface area contributed by atoms with E-state index in [0.29, 0.717) is 18.1 Å². The van der Waals surface area contributed by atoms with Crippen LogP contribution in [0.15, 0.2) is 41.5 Å². The van der Waals surface area contributed by atoms with E-state index in [9.17, 15) is 22.4 Å². The number of nitrogens with zero attached hydrogens (tertiary/aromatic N) is 2. The molecule has 1 unspecified atom stereocenters. The van der Waals surface area contributed by atoms with E-state index in [0.717, 1.165) is 31.4 Å². The van der Waals surface area contributed by atoms with Crippen molar-refractivity contribution in [3.8, 4) is 11.3 Å². The van der Waals surface area contributed by atoms with Crippen molar-refractivity contribution in [3.63, 3.8) is 0 Å². The van der Waals surface area contributed by atoms with Gasteiger partial charge in [-0.05, 0) is 36.1 Å². The summed E-state index contributed by atoms with van der Waals surface area (Å²) >= 11 is 0. The highest BCUT2D eigenvalue weighted by Gasteiger charge is 2.30. The Kier molecular flexibility index (Phi) is 5.84. The molecule has 0 spiro atoms. The number of alkyl halides is 3. The van der Waals surface area contributed by atoms with Gasteiger partial charge in [-0.1, -0.05) is 19.8 Å². The minimum Gasteiger partial charge on any atom is -0.315 e. The Balaban J connectivity index is 2.08. The summed E-state index contributed by atoms with van der Waals surface area (Å²) < 4.78 is 54.6. The topological polar surface area (TPSA) is 34.9 Å². The molecule has 2 heterocycles. The van der Waals surface area contributed by atoms with Gasteiger partial charge in [0.2, 0.25) is 0 Å². The van der Waals surface area contributed by atoms with E-state index >= 15 is 0 Å². The Labute approximate surface area is 161 Å². The molecule has 0 radical (unpaired) electrons. The summed E-state index contributed by atoms with van der Waals surface area (Å²) in [7, 11) is 2.23. The lowest BCUT2D eigenvalue weighted by atomic mass is 10.0. The number of benzene rings is 1. The van der Waals surface area contributed by atoms with Gasteiger partial charge in [-0.15, -0.1) is 9.24 Å². The summed E-state index contributed by atoms with van der Waals surface area (Å²) in [5.74, 6) is -0.687. The number of aryl methyl sites for hydroxylation is 1. The molecule has 0 aliphatic heterocycles. The predicted octanol–water partition coefficient (Wildman–Crippen LogP) is 4.91. The van der Waals surface area contributed by atoms with Crippen molar-refractivity contribution in [2.45, 2.75) is 38.9 Å². The molecule has 3 aromatic rings. The maximum absolute atomic E-state index is 14.9. The Hall–Kier alpha value is -2.27. The van der Waals surface area contributed by atoms with Gasteiger partial charge in [0.15, 0.2) is 0 Å². The predicted molar refractivity (Wildman–Crippen MR) is 105 cm³/mol. The molecule has 0 saturated heterocycles. The van der Waals surface area contributed by atoms with Crippen LogP contribution in [0.1, 0.15) is 31.7 Å². The van der Waals surface area contributed by atoms with E-state index in [4.69, 9.17) is 0 Å². The molecule has 0 bridgehead atoms. The molecule has 0 fully saturated rings. The van der Waals surface area contributed by atoms with Crippen LogP contribution < -0.4 is 10.9 Å². The number of aromatic nitrogens is 2. The Morgan fingerprint density at radius 2 is 1.93 bits per heavy atom. The summed E-state index contributed by atoms with van der Waals surface area (Å²) in [5, 5.41) is 0.848. The zero-order valence-electron chi connectivity index (χ0n) is 15.2. The second kappa shape index (κ2) is 8.00. The maximum atomic E-state index is 14.9. The van der Waals surface area contributed by atoms with Crippen LogP contribution >= 0.6 is 9.24 Å². The third-order valence-corrected chi connectivity index (χ3v) is 5.15. The molecule has 0 amide bonds. The van der Waals surface area contributed by atoms with E-state index in [1.54, 1.807) is 16.8 Å². The molecule has 0 aliphatic carbocycles. The molecule has 2 aromatic heterocycles. The Morgan fingerprint density at radius 1 is 1.18 bits per heavy atom. The van der Waals surface area contributed by atoms with Gasteiger partial charge in [-0.2, -0.15) is 13.2 Å². The summed E-state index contributed by atoms with van der Waals surface area (Å²) in [6.07, 6.45) is 0.687. The lowest BCUT2D eigenvalue weighted by molar-refractivity contribution is -0.137. The summed E-state index contributed by atoms with van der Waals surface area (Å²) in [6, 6.07) is 5.15. The number of hydrogen-bond donors (Lipinski definition) is 0. The second-order valence-corrected chi connectivity index (χ2v) is 7.14. The lowest BCUT2D eigenvalue weighted by Gasteiger charge is -2.12. The van der Waals surface area contributed by atoms with Crippen LogP contribution in [0, 0.1) is 5.82 Å². The van der Waals surface area contributed by atoms with Crippen molar-refractivity contribution in [2.24, 2.45) is 0 Å². The van der Waals surface area contributed by atoms with Crippen LogP contribution in [0.4, 0.5) is 17.6 Å². The molecule has 0 aliphatic rings. The molecular formula is C20H19F4N2OP. The first kappa shape index (κ1) is 20.5. The molecule has 1 atom stereocenters. The second-order valence-electron chi connectivity index (χ2n) is 6.57. The van der Waals surface area contributed by atoms with E-state index < -0.39 is 17.6 Å². The maximum Gasteiger partial charge on any atom is 0.417 e. The largest absolute Gasteiger partial charge is 0.417 e. The lowest BCUT2D eigenvalue weighted by Crippen LogP contribution is -2.24. The molecule has 148 valence electrons. The number of unbranched alkanes of at least 4 members (excludes halogenated alkanes) is 2. The van der Waals surface area contributed by atoms with Crippen LogP contribution in [-0.4, -0.2) is 9.55 Å². The van der Waals surface area contributed by atoms with E-state index in [2.05, 4.69) is 21.1 Å². The van der Waals surface area contributed by atoms with Crippen molar-refractivity contribution in [1.29, 1.82) is 0 Å². The first-order valence-corrected chi connectivity index (χ1v) is 9.46. The third kappa shape index (κ3) is 3.95. The standard InChI is InChI=1S/C20H19F4N2OP/c1-2-3-4-8-26-9-7-12-10-14(17(21)18(28)16(12)19(26)27)15-6-5-13(11-25-15)20(22,23)24/h5-7,9-11H,2-4,8,28H2,1H3. The molecule has 3 rings (SSSR count). The van der Waals surface area contributed by atoms with Gasteiger partial charge in [0.25, 0.3) is 5.56 Å². The summed E-state index contributed by atoms with van der Waals surface area (Å²) in [4.78, 5) is 16.5. The number of fused-ring (bicyclic) bond motifs is 1. The molecule has 0 saturated carbocycles. The van der Waals surface area contributed by atoms with Gasteiger partial charge in [-0.25, -0.2) is 4.39 Å². The van der Waals surface area contributed by atoms with Crippen molar-refractivity contribution >= 4 is 25.3 Å². The summed E-state index contributed by atoms with van der Waals surface area (Å²) in [6.45, 7) is 2.62. The highest BCUT2D eigenvalue weighted by molar-refractivity contribution is 7.28. The van der Waals surface area contributed by atoms with Crippen LogP contribution in [0.25, 0.3) is 22.0 Å². The number of halogens is 4. The van der Waals surface area contributed by atoms with Crippen LogP contribution in [0.5, 0.6) is 0 Å². The van der Waals surface area contributed by atoms with Gasteiger partial charge >= 0.3 is 6.18 Å². The first-order chi connectivity index (χ1) is 13.2. The molecule has 1 aromatic carbocycles. The molecule has 3 nitrogen and oxygen atoms in total. The van der Waals surface area contributed by atoms with Crippen molar-refractivity contribution in [3.05, 3.63) is 58.4 Å². The molecular weight excluding hydrogens is 391 g/mol. The average molecular weight is 410 g/mol. The van der Waals surface area contributed by atoms with Crippen molar-refractivity contribution in [1.82, 2.24) is 9.55 Å². The molecule has 28 heavy (non-hydrogen) atoms.